The Balaban J connectivity index is 2.92. The number of aromatic carboxylic acids is 1. The van der Waals surface area contributed by atoms with Crippen LogP contribution >= 0.6 is 15.9 Å². The number of carboxylic acid groups (broad SMARTS) is 1. The monoisotopic (exact) mass is 268 g/mol. The summed E-state index contributed by atoms with van der Waals surface area (Å²) in [6, 6.07) is 4.91. The minimum Gasteiger partial charge on any atom is -0.476 e. The summed E-state index contributed by atoms with van der Waals surface area (Å²) < 4.78 is 0.758. The van der Waals surface area contributed by atoms with E-state index >= 15 is 0 Å². The number of nitrogens with zero attached hydrogens (tertiary/aromatic N) is 1. The third-order valence-electron chi connectivity index (χ3n) is 1.89. The first-order valence-corrected chi connectivity index (χ1v) is 4.80. The highest BCUT2D eigenvalue weighted by molar-refractivity contribution is 9.10. The molecule has 15 heavy (non-hydrogen) atoms. The highest BCUT2D eigenvalue weighted by atomic mass is 79.9. The van der Waals surface area contributed by atoms with Crippen LogP contribution < -0.4 is 5.69 Å². The van der Waals surface area contributed by atoms with E-state index in [-0.39, 0.29) is 5.69 Å². The molecule has 6 heteroatoms. The van der Waals surface area contributed by atoms with E-state index in [0.29, 0.717) is 10.9 Å². The molecule has 0 amide bonds. The van der Waals surface area contributed by atoms with Crippen molar-refractivity contribution < 1.29 is 9.90 Å². The molecule has 2 rings (SSSR count). The topological polar surface area (TPSA) is 83.0 Å². The lowest BCUT2D eigenvalue weighted by molar-refractivity contribution is 0.0692. The van der Waals surface area contributed by atoms with Gasteiger partial charge in [0.25, 0.3) is 0 Å². The number of fused-ring (bicyclic) bond motifs is 1. The van der Waals surface area contributed by atoms with Crippen LogP contribution in [-0.4, -0.2) is 21.0 Å². The van der Waals surface area contributed by atoms with Gasteiger partial charge >= 0.3 is 11.7 Å². The standard InChI is InChI=1S/C9H5BrN2O3/c10-4-1-2-5-6(3-4)11-9(15)12-7(5)8(13)14/h1-3H,(H,13,14)(H,11,12,15). The largest absolute Gasteiger partial charge is 0.476 e. The SMILES string of the molecule is O=C(O)c1nc(=O)[nH]c2cc(Br)ccc12. The summed E-state index contributed by atoms with van der Waals surface area (Å²) >= 11 is 3.23. The number of hydrogen-bond acceptors (Lipinski definition) is 3. The number of halogens is 1. The first-order valence-electron chi connectivity index (χ1n) is 4.01. The smallest absolute Gasteiger partial charge is 0.355 e. The van der Waals surface area contributed by atoms with Gasteiger partial charge < -0.3 is 10.1 Å². The summed E-state index contributed by atoms with van der Waals surface area (Å²) in [5.41, 5.74) is -0.457. The van der Waals surface area contributed by atoms with E-state index in [9.17, 15) is 9.59 Å². The molecule has 0 unspecified atom stereocenters. The Morgan fingerprint density at radius 3 is 2.87 bits per heavy atom. The van der Waals surface area contributed by atoms with Crippen molar-refractivity contribution >= 4 is 32.8 Å². The predicted molar refractivity (Wildman–Crippen MR) is 57.0 cm³/mol. The van der Waals surface area contributed by atoms with Gasteiger partial charge in [0.1, 0.15) is 0 Å². The fourth-order valence-corrected chi connectivity index (χ4v) is 1.66. The molecule has 0 aliphatic heterocycles. The lowest BCUT2D eigenvalue weighted by Crippen LogP contribution is -2.16. The van der Waals surface area contributed by atoms with Crippen molar-refractivity contribution in [2.24, 2.45) is 0 Å². The van der Waals surface area contributed by atoms with Gasteiger partial charge in [-0.3, -0.25) is 0 Å². The zero-order chi connectivity index (χ0) is 11.0. The van der Waals surface area contributed by atoms with E-state index in [1.807, 2.05) is 0 Å². The second-order valence-corrected chi connectivity index (χ2v) is 3.80. The maximum absolute atomic E-state index is 11.1. The molecule has 0 bridgehead atoms. The molecule has 2 N–H and O–H groups in total. The lowest BCUT2D eigenvalue weighted by Gasteiger charge is -2.00. The van der Waals surface area contributed by atoms with Crippen LogP contribution in [0.5, 0.6) is 0 Å². The van der Waals surface area contributed by atoms with Crippen molar-refractivity contribution in [3.8, 4) is 0 Å². The number of rotatable bonds is 1. The molecule has 0 aliphatic rings. The van der Waals surface area contributed by atoms with Crippen LogP contribution in [0.3, 0.4) is 0 Å². The Morgan fingerprint density at radius 2 is 2.20 bits per heavy atom. The zero-order valence-electron chi connectivity index (χ0n) is 7.32. The lowest BCUT2D eigenvalue weighted by atomic mass is 10.2. The summed E-state index contributed by atoms with van der Waals surface area (Å²) in [6.07, 6.45) is 0. The minimum absolute atomic E-state index is 0.235. The zero-order valence-corrected chi connectivity index (χ0v) is 8.91. The van der Waals surface area contributed by atoms with Crippen LogP contribution in [0.4, 0.5) is 0 Å². The molecule has 0 atom stereocenters. The van der Waals surface area contributed by atoms with Gasteiger partial charge in [-0.05, 0) is 18.2 Å². The number of carbonyl (C=O) groups is 1. The van der Waals surface area contributed by atoms with E-state index in [1.54, 1.807) is 18.2 Å². The maximum Gasteiger partial charge on any atom is 0.355 e. The molecular formula is C9H5BrN2O3. The second-order valence-electron chi connectivity index (χ2n) is 2.89. The highest BCUT2D eigenvalue weighted by Gasteiger charge is 2.11. The number of hydrogen-bond donors (Lipinski definition) is 2. The van der Waals surface area contributed by atoms with Crippen molar-refractivity contribution in [2.45, 2.75) is 0 Å². The van der Waals surface area contributed by atoms with Gasteiger partial charge in [-0.15, -0.1) is 0 Å². The average molecular weight is 269 g/mol. The van der Waals surface area contributed by atoms with Gasteiger partial charge in [0, 0.05) is 9.86 Å². The molecule has 0 saturated carbocycles. The average Bonchev–Trinajstić information content (AvgIpc) is 2.15. The molecule has 2 aromatic rings. The Hall–Kier alpha value is -1.69. The van der Waals surface area contributed by atoms with Crippen molar-refractivity contribution in [2.75, 3.05) is 0 Å². The van der Waals surface area contributed by atoms with E-state index in [1.165, 1.54) is 0 Å². The van der Waals surface area contributed by atoms with Gasteiger partial charge in [0.2, 0.25) is 0 Å². The first-order chi connectivity index (χ1) is 7.08. The molecule has 0 spiro atoms. The Labute approximate surface area is 91.9 Å². The van der Waals surface area contributed by atoms with Gasteiger partial charge in [0.05, 0.1) is 5.52 Å². The summed E-state index contributed by atoms with van der Waals surface area (Å²) in [4.78, 5) is 27.8. The fourth-order valence-electron chi connectivity index (χ4n) is 1.29. The van der Waals surface area contributed by atoms with Crippen LogP contribution in [0, 0.1) is 0 Å². The molecule has 1 aromatic carbocycles. The molecule has 1 heterocycles. The summed E-state index contributed by atoms with van der Waals surface area (Å²) in [5, 5.41) is 9.26. The summed E-state index contributed by atoms with van der Waals surface area (Å²) in [5.74, 6) is -1.21. The van der Waals surface area contributed by atoms with Crippen LogP contribution in [0.2, 0.25) is 0 Å². The number of aromatic nitrogens is 2. The highest BCUT2D eigenvalue weighted by Crippen LogP contribution is 2.18. The van der Waals surface area contributed by atoms with Gasteiger partial charge in [-0.1, -0.05) is 15.9 Å². The van der Waals surface area contributed by atoms with Crippen molar-refractivity contribution in [1.82, 2.24) is 9.97 Å². The van der Waals surface area contributed by atoms with Crippen molar-refractivity contribution in [3.63, 3.8) is 0 Å². The second kappa shape index (κ2) is 3.47. The van der Waals surface area contributed by atoms with Gasteiger partial charge in [0.15, 0.2) is 5.69 Å². The van der Waals surface area contributed by atoms with Crippen LogP contribution in [-0.2, 0) is 0 Å². The van der Waals surface area contributed by atoms with E-state index in [2.05, 4.69) is 25.9 Å². The third kappa shape index (κ3) is 1.75. The third-order valence-corrected chi connectivity index (χ3v) is 2.39. The minimum atomic E-state index is -1.21. The Bertz CT molecular complexity index is 606. The normalized spacial score (nSPS) is 10.5. The fraction of sp³-hybridized carbons (Fsp3) is 0. The number of nitrogens with one attached hydrogen (secondary N) is 1. The van der Waals surface area contributed by atoms with Crippen LogP contribution in [0.15, 0.2) is 27.5 Å². The molecular weight excluding hydrogens is 264 g/mol. The molecule has 76 valence electrons. The predicted octanol–water partition coefficient (Wildman–Crippen LogP) is 1.38. The van der Waals surface area contributed by atoms with E-state index in [0.717, 1.165) is 4.47 Å². The van der Waals surface area contributed by atoms with Crippen molar-refractivity contribution in [1.29, 1.82) is 0 Å². The molecule has 0 saturated heterocycles. The number of benzene rings is 1. The first kappa shape index (κ1) is 9.85. The molecule has 0 aliphatic carbocycles. The van der Waals surface area contributed by atoms with Crippen LogP contribution in [0.1, 0.15) is 10.5 Å². The van der Waals surface area contributed by atoms with E-state index < -0.39 is 11.7 Å². The molecule has 1 aromatic heterocycles. The molecule has 5 nitrogen and oxygen atoms in total. The quantitative estimate of drug-likeness (QED) is 0.819. The van der Waals surface area contributed by atoms with E-state index in [4.69, 9.17) is 5.11 Å². The van der Waals surface area contributed by atoms with Gasteiger partial charge in [-0.25, -0.2) is 9.59 Å². The van der Waals surface area contributed by atoms with Crippen LogP contribution in [0.25, 0.3) is 10.9 Å². The molecule has 0 radical (unpaired) electrons. The van der Waals surface area contributed by atoms with Crippen molar-refractivity contribution in [3.05, 3.63) is 38.9 Å². The summed E-state index contributed by atoms with van der Waals surface area (Å²) in [6.45, 7) is 0. The maximum atomic E-state index is 11.1. The number of carboxylic acids is 1. The number of aromatic amines is 1. The molecule has 0 fully saturated rings. The Kier molecular flexibility index (Phi) is 2.28. The summed E-state index contributed by atoms with van der Waals surface area (Å²) in [7, 11) is 0. The van der Waals surface area contributed by atoms with Gasteiger partial charge in [-0.2, -0.15) is 4.98 Å². The Morgan fingerprint density at radius 1 is 1.47 bits per heavy atom. The number of H-pyrrole nitrogens is 1.